The molecular formula is C34H26F2N2. The second-order valence-electron chi connectivity index (χ2n) is 10.6. The van der Waals surface area contributed by atoms with Crippen molar-refractivity contribution in [2.75, 3.05) is 22.9 Å². The van der Waals surface area contributed by atoms with Crippen LogP contribution in [0.5, 0.6) is 0 Å². The standard InChI is InChI=1S/C34H26F2N2/c35-25-9-15-29-23(19-25)3-1-17-37(29)31-13-7-21-6-12-28-32(14-8-22-5-11-27(31)33(21)34(22)28)38-18-2-4-24-20-26(36)10-16-30(24)38/h5-16,19-20H,1-4,17-18H2. The normalized spacial score (nSPS) is 15.4. The van der Waals surface area contributed by atoms with Gasteiger partial charge in [-0.1, -0.05) is 36.4 Å². The van der Waals surface area contributed by atoms with Gasteiger partial charge in [-0.05, 0) is 107 Å². The van der Waals surface area contributed by atoms with Gasteiger partial charge in [-0.15, -0.1) is 0 Å². The lowest BCUT2D eigenvalue weighted by atomic mass is 9.91. The SMILES string of the molecule is Fc1ccc2c(c1)CCCN2c1ccc2ccc3c(N4CCCc5cc(F)ccc54)ccc4ccc1c2c43. The van der Waals surface area contributed by atoms with Crippen molar-refractivity contribution in [3.63, 3.8) is 0 Å². The summed E-state index contributed by atoms with van der Waals surface area (Å²) in [6.45, 7) is 1.82. The summed E-state index contributed by atoms with van der Waals surface area (Å²) in [7, 11) is 0. The Morgan fingerprint density at radius 2 is 0.895 bits per heavy atom. The minimum absolute atomic E-state index is 0.171. The number of hydrogen-bond donors (Lipinski definition) is 0. The van der Waals surface area contributed by atoms with Crippen molar-refractivity contribution in [1.29, 1.82) is 0 Å². The Kier molecular flexibility index (Phi) is 4.69. The molecule has 2 aliphatic heterocycles. The molecule has 0 bridgehead atoms. The first-order valence-corrected chi connectivity index (χ1v) is 13.5. The van der Waals surface area contributed by atoms with Gasteiger partial charge < -0.3 is 9.80 Å². The molecule has 0 saturated heterocycles. The van der Waals surface area contributed by atoms with Gasteiger partial charge in [0.1, 0.15) is 11.6 Å². The molecule has 0 unspecified atom stereocenters. The van der Waals surface area contributed by atoms with Crippen LogP contribution in [-0.4, -0.2) is 13.1 Å². The summed E-state index contributed by atoms with van der Waals surface area (Å²) in [4.78, 5) is 4.72. The average molecular weight is 501 g/mol. The van der Waals surface area contributed by atoms with Crippen molar-refractivity contribution in [1.82, 2.24) is 0 Å². The largest absolute Gasteiger partial charge is 0.341 e. The van der Waals surface area contributed by atoms with E-state index in [9.17, 15) is 8.78 Å². The van der Waals surface area contributed by atoms with E-state index in [1.165, 1.54) is 43.7 Å². The molecule has 2 nitrogen and oxygen atoms in total. The molecule has 38 heavy (non-hydrogen) atoms. The maximum atomic E-state index is 14.0. The van der Waals surface area contributed by atoms with E-state index >= 15 is 0 Å². The van der Waals surface area contributed by atoms with Gasteiger partial charge in [0.15, 0.2) is 0 Å². The van der Waals surface area contributed by atoms with E-state index < -0.39 is 0 Å². The highest BCUT2D eigenvalue weighted by Gasteiger charge is 2.24. The Morgan fingerprint density at radius 3 is 1.37 bits per heavy atom. The third kappa shape index (κ3) is 3.16. The van der Waals surface area contributed by atoms with Crippen molar-refractivity contribution in [3.8, 4) is 0 Å². The van der Waals surface area contributed by atoms with E-state index in [4.69, 9.17) is 0 Å². The molecule has 2 aliphatic rings. The third-order valence-electron chi connectivity index (χ3n) is 8.52. The van der Waals surface area contributed by atoms with Gasteiger partial charge in [0, 0.05) is 46.6 Å². The first-order valence-electron chi connectivity index (χ1n) is 13.5. The molecule has 0 radical (unpaired) electrons. The lowest BCUT2D eigenvalue weighted by Crippen LogP contribution is -2.25. The van der Waals surface area contributed by atoms with Crippen molar-refractivity contribution in [2.24, 2.45) is 0 Å². The fourth-order valence-corrected chi connectivity index (χ4v) is 6.87. The molecule has 0 aromatic heterocycles. The maximum Gasteiger partial charge on any atom is 0.123 e. The van der Waals surface area contributed by atoms with Crippen LogP contribution < -0.4 is 9.80 Å². The molecule has 4 heteroatoms. The molecule has 0 saturated carbocycles. The zero-order chi connectivity index (χ0) is 25.4. The summed E-state index contributed by atoms with van der Waals surface area (Å²) in [6, 6.07) is 28.2. The average Bonchev–Trinajstić information content (AvgIpc) is 2.95. The number of anilines is 4. The Balaban J connectivity index is 1.36. The van der Waals surface area contributed by atoms with E-state index in [1.54, 1.807) is 24.3 Å². The predicted molar refractivity (Wildman–Crippen MR) is 154 cm³/mol. The summed E-state index contributed by atoms with van der Waals surface area (Å²) in [6.07, 6.45) is 3.80. The molecule has 186 valence electrons. The molecule has 0 spiro atoms. The minimum Gasteiger partial charge on any atom is -0.341 e. The second kappa shape index (κ2) is 8.16. The molecular weight excluding hydrogens is 474 g/mol. The number of hydrogen-bond acceptors (Lipinski definition) is 2. The van der Waals surface area contributed by atoms with E-state index in [1.807, 2.05) is 12.1 Å². The van der Waals surface area contributed by atoms with Crippen LogP contribution in [-0.2, 0) is 12.8 Å². The smallest absolute Gasteiger partial charge is 0.123 e. The molecule has 0 fully saturated rings. The fourth-order valence-electron chi connectivity index (χ4n) is 6.87. The van der Waals surface area contributed by atoms with E-state index in [0.717, 1.165) is 61.3 Å². The van der Waals surface area contributed by atoms with Crippen LogP contribution in [0.2, 0.25) is 0 Å². The van der Waals surface area contributed by atoms with Crippen molar-refractivity contribution < 1.29 is 8.78 Å². The van der Waals surface area contributed by atoms with Crippen molar-refractivity contribution in [3.05, 3.63) is 108 Å². The van der Waals surface area contributed by atoms with Gasteiger partial charge in [0.2, 0.25) is 0 Å². The number of benzene rings is 6. The number of aryl methyl sites for hydroxylation is 2. The monoisotopic (exact) mass is 500 g/mol. The van der Waals surface area contributed by atoms with Crippen LogP contribution in [0.15, 0.2) is 84.9 Å². The van der Waals surface area contributed by atoms with Crippen LogP contribution in [0.25, 0.3) is 32.3 Å². The lowest BCUT2D eigenvalue weighted by Gasteiger charge is -2.33. The van der Waals surface area contributed by atoms with E-state index in [0.29, 0.717) is 0 Å². The van der Waals surface area contributed by atoms with Gasteiger partial charge in [-0.2, -0.15) is 0 Å². The van der Waals surface area contributed by atoms with Gasteiger partial charge in [0.05, 0.1) is 0 Å². The number of fused-ring (bicyclic) bond motifs is 2. The highest BCUT2D eigenvalue weighted by molar-refractivity contribution is 6.27. The highest BCUT2D eigenvalue weighted by atomic mass is 19.1. The number of rotatable bonds is 2. The Labute approximate surface area is 220 Å². The first-order chi connectivity index (χ1) is 18.7. The van der Waals surface area contributed by atoms with Crippen LogP contribution >= 0.6 is 0 Å². The zero-order valence-corrected chi connectivity index (χ0v) is 21.0. The van der Waals surface area contributed by atoms with Gasteiger partial charge >= 0.3 is 0 Å². The highest BCUT2D eigenvalue weighted by Crippen LogP contribution is 2.46. The van der Waals surface area contributed by atoms with Crippen LogP contribution in [0.4, 0.5) is 31.5 Å². The van der Waals surface area contributed by atoms with Crippen molar-refractivity contribution in [2.45, 2.75) is 25.7 Å². The Hall–Kier alpha value is -4.18. The van der Waals surface area contributed by atoms with Gasteiger partial charge in [0.25, 0.3) is 0 Å². The summed E-state index contributed by atoms with van der Waals surface area (Å²) < 4.78 is 28.0. The molecule has 0 N–H and O–H groups in total. The third-order valence-corrected chi connectivity index (χ3v) is 8.52. The lowest BCUT2D eigenvalue weighted by molar-refractivity contribution is 0.621. The summed E-state index contributed by atoms with van der Waals surface area (Å²) in [5.41, 5.74) is 6.69. The zero-order valence-electron chi connectivity index (χ0n) is 21.0. The molecule has 2 heterocycles. The second-order valence-corrected chi connectivity index (χ2v) is 10.6. The Bertz CT molecular complexity index is 1740. The summed E-state index contributed by atoms with van der Waals surface area (Å²) >= 11 is 0. The summed E-state index contributed by atoms with van der Waals surface area (Å²) in [5.74, 6) is -0.342. The van der Waals surface area contributed by atoms with E-state index in [2.05, 4.69) is 58.3 Å². The number of halogens is 2. The number of nitrogens with zero attached hydrogens (tertiary/aromatic N) is 2. The van der Waals surface area contributed by atoms with Crippen LogP contribution in [0.3, 0.4) is 0 Å². The molecule has 0 aliphatic carbocycles. The first kappa shape index (κ1) is 21.9. The van der Waals surface area contributed by atoms with Crippen molar-refractivity contribution >= 4 is 55.1 Å². The van der Waals surface area contributed by atoms with Crippen LogP contribution in [0, 0.1) is 11.6 Å². The van der Waals surface area contributed by atoms with E-state index in [-0.39, 0.29) is 11.6 Å². The maximum absolute atomic E-state index is 14.0. The van der Waals surface area contributed by atoms with Gasteiger partial charge in [-0.3, -0.25) is 0 Å². The fraction of sp³-hybridized carbons (Fsp3) is 0.176. The van der Waals surface area contributed by atoms with Crippen LogP contribution in [0.1, 0.15) is 24.0 Å². The molecule has 8 rings (SSSR count). The van der Waals surface area contributed by atoms with Gasteiger partial charge in [-0.25, -0.2) is 8.78 Å². The minimum atomic E-state index is -0.171. The molecule has 6 aromatic carbocycles. The molecule has 0 atom stereocenters. The predicted octanol–water partition coefficient (Wildman–Crippen LogP) is 9.03. The molecule has 0 amide bonds. The Morgan fingerprint density at radius 1 is 0.474 bits per heavy atom. The summed E-state index contributed by atoms with van der Waals surface area (Å²) in [5, 5.41) is 7.41. The molecule has 6 aromatic rings. The quantitative estimate of drug-likeness (QED) is 0.219. The topological polar surface area (TPSA) is 6.48 Å².